The minimum atomic E-state index is -0.858. The van der Waals surface area contributed by atoms with Gasteiger partial charge < -0.3 is 15.3 Å². The van der Waals surface area contributed by atoms with Crippen LogP contribution in [0.4, 0.5) is 0 Å². The molecule has 0 aliphatic carbocycles. The van der Waals surface area contributed by atoms with Crippen LogP contribution in [0, 0.1) is 11.8 Å². The molecule has 1 aliphatic heterocycles. The average Bonchev–Trinajstić information content (AvgIpc) is 2.42. The van der Waals surface area contributed by atoms with Crippen molar-refractivity contribution in [3.63, 3.8) is 0 Å². The molecule has 1 heterocycles. The number of nitrogens with one attached hydrogen (secondary N) is 1. The number of rotatable bonds is 6. The van der Waals surface area contributed by atoms with Gasteiger partial charge in [-0.3, -0.25) is 14.4 Å². The third kappa shape index (κ3) is 5.59. The molecule has 1 atom stereocenters. The van der Waals surface area contributed by atoms with E-state index in [9.17, 15) is 14.4 Å². The number of hydrogen-bond donors (Lipinski definition) is 2. The molecule has 1 aliphatic rings. The van der Waals surface area contributed by atoms with Gasteiger partial charge in [-0.1, -0.05) is 13.8 Å². The molecule has 6 heteroatoms. The Morgan fingerprint density at radius 1 is 1.35 bits per heavy atom. The van der Waals surface area contributed by atoms with E-state index in [4.69, 9.17) is 5.11 Å². The Labute approximate surface area is 119 Å². The summed E-state index contributed by atoms with van der Waals surface area (Å²) in [6.45, 7) is 4.86. The van der Waals surface area contributed by atoms with Crippen molar-refractivity contribution in [1.82, 2.24) is 10.2 Å². The maximum absolute atomic E-state index is 11.9. The summed E-state index contributed by atoms with van der Waals surface area (Å²) in [4.78, 5) is 35.9. The van der Waals surface area contributed by atoms with Crippen molar-refractivity contribution in [2.45, 2.75) is 39.5 Å². The Bertz CT molecular complexity index is 368. The zero-order valence-corrected chi connectivity index (χ0v) is 12.2. The van der Waals surface area contributed by atoms with Gasteiger partial charge in [0.1, 0.15) is 0 Å². The van der Waals surface area contributed by atoms with Crippen molar-refractivity contribution in [1.29, 1.82) is 0 Å². The summed E-state index contributed by atoms with van der Waals surface area (Å²) in [7, 11) is 0. The summed E-state index contributed by atoms with van der Waals surface area (Å²) in [5.74, 6) is -1.21. The molecular formula is C14H24N2O4. The van der Waals surface area contributed by atoms with Crippen LogP contribution in [-0.4, -0.2) is 47.4 Å². The Hall–Kier alpha value is -1.59. The van der Waals surface area contributed by atoms with E-state index >= 15 is 0 Å². The van der Waals surface area contributed by atoms with Crippen LogP contribution < -0.4 is 5.32 Å². The number of carbonyl (C=O) groups is 3. The number of carboxylic acids is 1. The smallest absolute Gasteiger partial charge is 0.308 e. The highest BCUT2D eigenvalue weighted by atomic mass is 16.4. The van der Waals surface area contributed by atoms with Crippen molar-refractivity contribution in [2.75, 3.05) is 19.6 Å². The van der Waals surface area contributed by atoms with E-state index in [0.29, 0.717) is 31.7 Å². The molecule has 0 bridgehead atoms. The summed E-state index contributed by atoms with van der Waals surface area (Å²) in [5, 5.41) is 11.6. The van der Waals surface area contributed by atoms with Crippen molar-refractivity contribution < 1.29 is 19.5 Å². The SMILES string of the molecule is CC(C)CCC(=O)NCC(=O)N1CCCC(C(=O)O)C1. The zero-order valence-electron chi connectivity index (χ0n) is 12.2. The Balaban J connectivity index is 2.31. The van der Waals surface area contributed by atoms with Gasteiger partial charge in [-0.15, -0.1) is 0 Å². The lowest BCUT2D eigenvalue weighted by Crippen LogP contribution is -2.46. The molecule has 1 fully saturated rings. The quantitative estimate of drug-likeness (QED) is 0.757. The van der Waals surface area contributed by atoms with Gasteiger partial charge in [0.25, 0.3) is 0 Å². The fourth-order valence-electron chi connectivity index (χ4n) is 2.20. The highest BCUT2D eigenvalue weighted by Crippen LogP contribution is 2.16. The predicted molar refractivity (Wildman–Crippen MR) is 74.0 cm³/mol. The Morgan fingerprint density at radius 3 is 2.65 bits per heavy atom. The zero-order chi connectivity index (χ0) is 15.1. The minimum Gasteiger partial charge on any atom is -0.481 e. The molecule has 1 unspecified atom stereocenters. The topological polar surface area (TPSA) is 86.7 Å². The van der Waals surface area contributed by atoms with Crippen molar-refractivity contribution in [2.24, 2.45) is 11.8 Å². The second-order valence-corrected chi connectivity index (χ2v) is 5.73. The lowest BCUT2D eigenvalue weighted by Gasteiger charge is -2.30. The summed E-state index contributed by atoms with van der Waals surface area (Å²) in [6, 6.07) is 0. The summed E-state index contributed by atoms with van der Waals surface area (Å²) >= 11 is 0. The first kappa shape index (κ1) is 16.5. The number of aliphatic carboxylic acids is 1. The molecule has 6 nitrogen and oxygen atoms in total. The molecule has 0 aromatic heterocycles. The van der Waals surface area contributed by atoms with Crippen LogP contribution in [0.5, 0.6) is 0 Å². The molecule has 0 aromatic carbocycles. The van der Waals surface area contributed by atoms with Gasteiger partial charge >= 0.3 is 5.97 Å². The molecular weight excluding hydrogens is 260 g/mol. The molecule has 0 radical (unpaired) electrons. The van der Waals surface area contributed by atoms with E-state index in [1.165, 1.54) is 4.90 Å². The minimum absolute atomic E-state index is 0.0384. The van der Waals surface area contributed by atoms with Gasteiger partial charge in [0, 0.05) is 19.5 Å². The van der Waals surface area contributed by atoms with Gasteiger partial charge in [-0.05, 0) is 25.2 Å². The van der Waals surface area contributed by atoms with Crippen LogP contribution in [-0.2, 0) is 14.4 Å². The number of carboxylic acid groups (broad SMARTS) is 1. The fraction of sp³-hybridized carbons (Fsp3) is 0.786. The third-order valence-electron chi connectivity index (χ3n) is 3.51. The number of nitrogens with zero attached hydrogens (tertiary/aromatic N) is 1. The van der Waals surface area contributed by atoms with Gasteiger partial charge in [0.2, 0.25) is 11.8 Å². The van der Waals surface area contributed by atoms with Crippen LogP contribution in [0.1, 0.15) is 39.5 Å². The number of hydrogen-bond acceptors (Lipinski definition) is 3. The first-order valence-electron chi connectivity index (χ1n) is 7.17. The molecule has 1 saturated heterocycles. The van der Waals surface area contributed by atoms with E-state index in [-0.39, 0.29) is 24.9 Å². The second kappa shape index (κ2) is 7.87. The average molecular weight is 284 g/mol. The number of likely N-dealkylation sites (tertiary alicyclic amines) is 1. The van der Waals surface area contributed by atoms with Crippen LogP contribution in [0.25, 0.3) is 0 Å². The Kier molecular flexibility index (Phi) is 6.48. The summed E-state index contributed by atoms with van der Waals surface area (Å²) in [5.41, 5.74) is 0. The van der Waals surface area contributed by atoms with E-state index in [2.05, 4.69) is 5.32 Å². The highest BCUT2D eigenvalue weighted by molar-refractivity contribution is 5.85. The molecule has 1 rings (SSSR count). The largest absolute Gasteiger partial charge is 0.481 e. The maximum Gasteiger partial charge on any atom is 0.308 e. The van der Waals surface area contributed by atoms with Crippen molar-refractivity contribution in [3.8, 4) is 0 Å². The molecule has 0 saturated carbocycles. The summed E-state index contributed by atoms with van der Waals surface area (Å²) < 4.78 is 0. The standard InChI is InChI=1S/C14H24N2O4/c1-10(2)5-6-12(17)15-8-13(18)16-7-3-4-11(9-16)14(19)20/h10-11H,3-9H2,1-2H3,(H,15,17)(H,19,20). The second-order valence-electron chi connectivity index (χ2n) is 5.73. The van der Waals surface area contributed by atoms with Crippen LogP contribution in [0.2, 0.25) is 0 Å². The molecule has 114 valence electrons. The fourth-order valence-corrected chi connectivity index (χ4v) is 2.20. The van der Waals surface area contributed by atoms with Crippen molar-refractivity contribution in [3.05, 3.63) is 0 Å². The molecule has 2 N–H and O–H groups in total. The number of piperidine rings is 1. The first-order chi connectivity index (χ1) is 9.40. The Morgan fingerprint density at radius 2 is 2.05 bits per heavy atom. The predicted octanol–water partition coefficient (Wildman–Crippen LogP) is 0.862. The first-order valence-corrected chi connectivity index (χ1v) is 7.17. The number of amides is 2. The maximum atomic E-state index is 11.9. The van der Waals surface area contributed by atoms with Gasteiger partial charge in [-0.2, -0.15) is 0 Å². The normalized spacial score (nSPS) is 18.9. The van der Waals surface area contributed by atoms with E-state index in [1.807, 2.05) is 13.8 Å². The molecule has 2 amide bonds. The van der Waals surface area contributed by atoms with Crippen LogP contribution in [0.3, 0.4) is 0 Å². The monoisotopic (exact) mass is 284 g/mol. The lowest BCUT2D eigenvalue weighted by molar-refractivity contribution is -0.145. The third-order valence-corrected chi connectivity index (χ3v) is 3.51. The van der Waals surface area contributed by atoms with E-state index in [1.54, 1.807) is 0 Å². The van der Waals surface area contributed by atoms with Crippen molar-refractivity contribution >= 4 is 17.8 Å². The molecule has 0 aromatic rings. The summed E-state index contributed by atoms with van der Waals surface area (Å²) in [6.07, 6.45) is 2.53. The van der Waals surface area contributed by atoms with E-state index < -0.39 is 11.9 Å². The molecule has 0 spiro atoms. The highest BCUT2D eigenvalue weighted by Gasteiger charge is 2.27. The number of carbonyl (C=O) groups excluding carboxylic acids is 2. The van der Waals surface area contributed by atoms with Gasteiger partial charge in [0.05, 0.1) is 12.5 Å². The van der Waals surface area contributed by atoms with Gasteiger partial charge in [-0.25, -0.2) is 0 Å². The molecule has 20 heavy (non-hydrogen) atoms. The van der Waals surface area contributed by atoms with Gasteiger partial charge in [0.15, 0.2) is 0 Å². The van der Waals surface area contributed by atoms with Crippen LogP contribution in [0.15, 0.2) is 0 Å². The van der Waals surface area contributed by atoms with Crippen LogP contribution >= 0.6 is 0 Å². The van der Waals surface area contributed by atoms with E-state index in [0.717, 1.165) is 6.42 Å². The lowest BCUT2D eigenvalue weighted by atomic mass is 9.98.